The molecule has 0 bridgehead atoms. The van der Waals surface area contributed by atoms with Crippen LogP contribution in [0.15, 0.2) is 29.4 Å². The average molecular weight is 297 g/mol. The van der Waals surface area contributed by atoms with Crippen molar-refractivity contribution in [1.82, 2.24) is 14.8 Å². The number of benzene rings is 1. The fraction of sp³-hybridized carbons (Fsp3) is 0.385. The SMILES string of the molecule is Cn1c(SCCCCl)nnc1-c1ccc(CN)cc1. The second-order valence-electron chi connectivity index (χ2n) is 4.16. The van der Waals surface area contributed by atoms with E-state index in [0.717, 1.165) is 34.3 Å². The molecule has 2 rings (SSSR count). The van der Waals surface area contributed by atoms with Gasteiger partial charge in [0.1, 0.15) is 0 Å². The summed E-state index contributed by atoms with van der Waals surface area (Å²) in [5.41, 5.74) is 7.76. The maximum atomic E-state index is 5.67. The highest BCUT2D eigenvalue weighted by molar-refractivity contribution is 7.99. The topological polar surface area (TPSA) is 56.7 Å². The summed E-state index contributed by atoms with van der Waals surface area (Å²) in [5, 5.41) is 9.38. The first-order valence-corrected chi connectivity index (χ1v) is 7.65. The molecule has 0 radical (unpaired) electrons. The lowest BCUT2D eigenvalue weighted by atomic mass is 10.1. The van der Waals surface area contributed by atoms with Crippen LogP contribution in [-0.4, -0.2) is 26.4 Å². The molecule has 6 heteroatoms. The number of nitrogens with zero attached hydrogens (tertiary/aromatic N) is 3. The van der Waals surface area contributed by atoms with E-state index in [2.05, 4.69) is 10.2 Å². The van der Waals surface area contributed by atoms with Crippen LogP contribution in [-0.2, 0) is 13.6 Å². The van der Waals surface area contributed by atoms with Crippen LogP contribution in [0.1, 0.15) is 12.0 Å². The molecule has 2 aromatic rings. The molecule has 1 aromatic carbocycles. The summed E-state index contributed by atoms with van der Waals surface area (Å²) in [6, 6.07) is 8.09. The second-order valence-corrected chi connectivity index (χ2v) is 5.60. The van der Waals surface area contributed by atoms with Crippen LogP contribution in [0.4, 0.5) is 0 Å². The summed E-state index contributed by atoms with van der Waals surface area (Å²) >= 11 is 7.35. The molecule has 0 spiro atoms. The lowest BCUT2D eigenvalue weighted by Crippen LogP contribution is -1.97. The van der Waals surface area contributed by atoms with E-state index in [4.69, 9.17) is 17.3 Å². The van der Waals surface area contributed by atoms with Crippen LogP contribution in [0.2, 0.25) is 0 Å². The zero-order valence-corrected chi connectivity index (χ0v) is 12.4. The van der Waals surface area contributed by atoms with Gasteiger partial charge in [0.25, 0.3) is 0 Å². The molecule has 0 atom stereocenters. The van der Waals surface area contributed by atoms with Gasteiger partial charge in [-0.25, -0.2) is 0 Å². The third kappa shape index (κ3) is 3.49. The van der Waals surface area contributed by atoms with E-state index in [1.54, 1.807) is 11.8 Å². The predicted molar refractivity (Wildman–Crippen MR) is 80.4 cm³/mol. The molecule has 102 valence electrons. The highest BCUT2D eigenvalue weighted by Gasteiger charge is 2.10. The molecular formula is C13H17ClN4S. The third-order valence-corrected chi connectivity index (χ3v) is 4.17. The van der Waals surface area contributed by atoms with Crippen LogP contribution in [0.25, 0.3) is 11.4 Å². The Morgan fingerprint density at radius 1 is 1.26 bits per heavy atom. The molecule has 1 heterocycles. The van der Waals surface area contributed by atoms with E-state index in [9.17, 15) is 0 Å². The number of thioether (sulfide) groups is 1. The van der Waals surface area contributed by atoms with Gasteiger partial charge in [-0.3, -0.25) is 0 Å². The van der Waals surface area contributed by atoms with Crippen molar-refractivity contribution in [2.75, 3.05) is 11.6 Å². The number of aromatic nitrogens is 3. The molecule has 0 saturated carbocycles. The van der Waals surface area contributed by atoms with Gasteiger partial charge in [-0.15, -0.1) is 21.8 Å². The maximum Gasteiger partial charge on any atom is 0.191 e. The van der Waals surface area contributed by atoms with Crippen LogP contribution in [0, 0.1) is 0 Å². The molecule has 0 unspecified atom stereocenters. The number of hydrogen-bond donors (Lipinski definition) is 1. The normalized spacial score (nSPS) is 10.9. The Labute approximate surface area is 122 Å². The summed E-state index contributed by atoms with van der Waals surface area (Å²) in [5.74, 6) is 2.51. The Morgan fingerprint density at radius 3 is 2.63 bits per heavy atom. The van der Waals surface area contributed by atoms with Gasteiger partial charge in [-0.05, 0) is 12.0 Å². The molecular weight excluding hydrogens is 280 g/mol. The largest absolute Gasteiger partial charge is 0.326 e. The Bertz CT molecular complexity index is 524. The maximum absolute atomic E-state index is 5.67. The van der Waals surface area contributed by atoms with Crippen molar-refractivity contribution in [2.24, 2.45) is 12.8 Å². The first kappa shape index (κ1) is 14.4. The quantitative estimate of drug-likeness (QED) is 0.506. The molecule has 0 aliphatic heterocycles. The van der Waals surface area contributed by atoms with Crippen LogP contribution >= 0.6 is 23.4 Å². The van der Waals surface area contributed by atoms with Gasteiger partial charge >= 0.3 is 0 Å². The highest BCUT2D eigenvalue weighted by Crippen LogP contribution is 2.23. The molecule has 0 fully saturated rings. The van der Waals surface area contributed by atoms with Gasteiger partial charge in [0, 0.05) is 30.8 Å². The molecule has 4 nitrogen and oxygen atoms in total. The Balaban J connectivity index is 2.15. The van der Waals surface area contributed by atoms with Crippen molar-refractivity contribution in [3.8, 4) is 11.4 Å². The van der Waals surface area contributed by atoms with E-state index in [-0.39, 0.29) is 0 Å². The van der Waals surface area contributed by atoms with Crippen molar-refractivity contribution in [1.29, 1.82) is 0 Å². The summed E-state index contributed by atoms with van der Waals surface area (Å²) in [6.07, 6.45) is 0.972. The third-order valence-electron chi connectivity index (χ3n) is 2.79. The summed E-state index contributed by atoms with van der Waals surface area (Å²) in [7, 11) is 1.98. The van der Waals surface area contributed by atoms with E-state index in [1.807, 2.05) is 35.9 Å². The zero-order chi connectivity index (χ0) is 13.7. The average Bonchev–Trinajstić information content (AvgIpc) is 2.81. The monoisotopic (exact) mass is 296 g/mol. The van der Waals surface area contributed by atoms with Gasteiger partial charge in [0.15, 0.2) is 11.0 Å². The fourth-order valence-electron chi connectivity index (χ4n) is 1.70. The van der Waals surface area contributed by atoms with E-state index in [0.29, 0.717) is 12.4 Å². The standard InChI is InChI=1S/C13H17ClN4S/c1-18-12(11-5-3-10(9-15)4-6-11)16-17-13(18)19-8-2-7-14/h3-6H,2,7-9,15H2,1H3. The minimum atomic E-state index is 0.554. The van der Waals surface area contributed by atoms with Crippen molar-refractivity contribution >= 4 is 23.4 Å². The van der Waals surface area contributed by atoms with Gasteiger partial charge in [-0.1, -0.05) is 36.0 Å². The molecule has 19 heavy (non-hydrogen) atoms. The Hall–Kier alpha value is -1.04. The van der Waals surface area contributed by atoms with E-state index in [1.165, 1.54) is 0 Å². The van der Waals surface area contributed by atoms with Crippen LogP contribution in [0.5, 0.6) is 0 Å². The number of nitrogens with two attached hydrogens (primary N) is 1. The summed E-state index contributed by atoms with van der Waals surface area (Å²) < 4.78 is 2.01. The van der Waals surface area contributed by atoms with Gasteiger partial charge in [0.05, 0.1) is 0 Å². The molecule has 0 saturated heterocycles. The smallest absolute Gasteiger partial charge is 0.191 e. The predicted octanol–water partition coefficient (Wildman–Crippen LogP) is 2.66. The lowest BCUT2D eigenvalue weighted by molar-refractivity contribution is 0.793. The first-order chi connectivity index (χ1) is 9.26. The lowest BCUT2D eigenvalue weighted by Gasteiger charge is -2.04. The minimum absolute atomic E-state index is 0.554. The first-order valence-electron chi connectivity index (χ1n) is 6.13. The zero-order valence-electron chi connectivity index (χ0n) is 10.8. The van der Waals surface area contributed by atoms with Gasteiger partial charge in [0.2, 0.25) is 0 Å². The van der Waals surface area contributed by atoms with Crippen LogP contribution < -0.4 is 5.73 Å². The molecule has 2 N–H and O–H groups in total. The molecule has 0 aliphatic rings. The fourth-order valence-corrected chi connectivity index (χ4v) is 2.84. The Morgan fingerprint density at radius 2 is 2.00 bits per heavy atom. The van der Waals surface area contributed by atoms with Crippen molar-refractivity contribution in [2.45, 2.75) is 18.1 Å². The molecule has 0 aliphatic carbocycles. The van der Waals surface area contributed by atoms with E-state index < -0.39 is 0 Å². The van der Waals surface area contributed by atoms with Gasteiger partial charge < -0.3 is 10.3 Å². The Kier molecular flexibility index (Phi) is 5.24. The van der Waals surface area contributed by atoms with Crippen molar-refractivity contribution in [3.63, 3.8) is 0 Å². The highest BCUT2D eigenvalue weighted by atomic mass is 35.5. The molecule has 1 aromatic heterocycles. The number of halogens is 1. The minimum Gasteiger partial charge on any atom is -0.326 e. The molecule has 0 amide bonds. The van der Waals surface area contributed by atoms with Gasteiger partial charge in [-0.2, -0.15) is 0 Å². The van der Waals surface area contributed by atoms with E-state index >= 15 is 0 Å². The number of rotatable bonds is 6. The second kappa shape index (κ2) is 6.93. The van der Waals surface area contributed by atoms with Crippen molar-refractivity contribution in [3.05, 3.63) is 29.8 Å². The van der Waals surface area contributed by atoms with Crippen molar-refractivity contribution < 1.29 is 0 Å². The number of alkyl halides is 1. The van der Waals surface area contributed by atoms with Crippen LogP contribution in [0.3, 0.4) is 0 Å². The summed E-state index contributed by atoms with van der Waals surface area (Å²) in [4.78, 5) is 0. The number of hydrogen-bond acceptors (Lipinski definition) is 4. The summed E-state index contributed by atoms with van der Waals surface area (Å²) in [6.45, 7) is 0.554.